The van der Waals surface area contributed by atoms with Crippen LogP contribution in [-0.2, 0) is 16.1 Å². The van der Waals surface area contributed by atoms with E-state index >= 15 is 0 Å². The number of halogens is 1. The molecule has 4 aromatic rings. The van der Waals surface area contributed by atoms with Crippen LogP contribution in [0.2, 0.25) is 0 Å². The average molecular weight is 664 g/mol. The van der Waals surface area contributed by atoms with Crippen molar-refractivity contribution in [1.82, 2.24) is 4.57 Å². The van der Waals surface area contributed by atoms with Gasteiger partial charge >= 0.3 is 11.9 Å². The Morgan fingerprint density at radius 2 is 1.79 bits per heavy atom. The standard InChI is InChI=1S/C32H27BrN2O7S/c1-4-23-27(31(39)41-3)28(19-8-6-5-7-9-19)35-29(36)26(43-32(35)34-23)15-21-14-24(40-2)25(16-22(21)33)42-17-18-10-12-20(13-11-18)30(37)38/h5-16,28H,4,17H2,1-3H3,(H,37,38)/b26-15-/t28-/m1/s1. The summed E-state index contributed by atoms with van der Waals surface area (Å²) in [7, 11) is 2.85. The molecule has 1 aliphatic rings. The molecule has 0 unspecified atom stereocenters. The lowest BCUT2D eigenvalue weighted by molar-refractivity contribution is -0.136. The first-order valence-corrected chi connectivity index (χ1v) is 14.9. The summed E-state index contributed by atoms with van der Waals surface area (Å²) in [6.45, 7) is 2.11. The molecule has 11 heteroatoms. The zero-order chi connectivity index (χ0) is 30.7. The number of nitrogens with zero attached hydrogens (tertiary/aromatic N) is 2. The first-order chi connectivity index (χ1) is 20.7. The van der Waals surface area contributed by atoms with Crippen molar-refractivity contribution in [3.8, 4) is 11.5 Å². The van der Waals surface area contributed by atoms with Crippen LogP contribution in [0.1, 0.15) is 46.4 Å². The number of fused-ring (bicyclic) bond motifs is 1. The number of rotatable bonds is 9. The van der Waals surface area contributed by atoms with Crippen LogP contribution in [0.4, 0.5) is 0 Å². The minimum Gasteiger partial charge on any atom is -0.493 e. The van der Waals surface area contributed by atoms with E-state index in [1.807, 2.05) is 37.3 Å². The van der Waals surface area contributed by atoms with Crippen LogP contribution >= 0.6 is 27.3 Å². The predicted octanol–water partition coefficient (Wildman–Crippen LogP) is 4.85. The molecule has 0 spiro atoms. The molecule has 5 rings (SSSR count). The van der Waals surface area contributed by atoms with Crippen molar-refractivity contribution in [2.24, 2.45) is 4.99 Å². The molecule has 2 heterocycles. The third-order valence-electron chi connectivity index (χ3n) is 6.93. The Morgan fingerprint density at radius 1 is 1.07 bits per heavy atom. The third-order valence-corrected chi connectivity index (χ3v) is 8.60. The summed E-state index contributed by atoms with van der Waals surface area (Å²) in [5, 5.41) is 9.11. The molecule has 43 heavy (non-hydrogen) atoms. The van der Waals surface area contributed by atoms with Crippen molar-refractivity contribution >= 4 is 45.3 Å². The molecule has 0 aliphatic carbocycles. The molecule has 0 saturated heterocycles. The fourth-order valence-electron chi connectivity index (χ4n) is 4.79. The second-order valence-electron chi connectivity index (χ2n) is 9.51. The number of carboxylic acid groups (broad SMARTS) is 1. The van der Waals surface area contributed by atoms with Crippen molar-refractivity contribution in [1.29, 1.82) is 0 Å². The van der Waals surface area contributed by atoms with Gasteiger partial charge in [-0.05, 0) is 53.5 Å². The number of carboxylic acids is 1. The number of carbonyl (C=O) groups excluding carboxylic acids is 1. The number of benzene rings is 3. The average Bonchev–Trinajstić information content (AvgIpc) is 3.34. The lowest BCUT2D eigenvalue weighted by Gasteiger charge is -2.25. The van der Waals surface area contributed by atoms with Gasteiger partial charge in [-0.25, -0.2) is 14.6 Å². The van der Waals surface area contributed by atoms with E-state index in [4.69, 9.17) is 24.3 Å². The maximum absolute atomic E-state index is 13.9. The highest BCUT2D eigenvalue weighted by atomic mass is 79.9. The molecule has 1 aromatic heterocycles. The summed E-state index contributed by atoms with van der Waals surface area (Å²) in [4.78, 5) is 43.2. The third kappa shape index (κ3) is 6.04. The monoisotopic (exact) mass is 662 g/mol. The molecule has 220 valence electrons. The molecule has 0 amide bonds. The zero-order valence-electron chi connectivity index (χ0n) is 23.5. The van der Waals surface area contributed by atoms with Crippen molar-refractivity contribution < 1.29 is 28.9 Å². The molecule has 0 bridgehead atoms. The van der Waals surface area contributed by atoms with Crippen LogP contribution in [0.25, 0.3) is 6.08 Å². The summed E-state index contributed by atoms with van der Waals surface area (Å²) in [5.74, 6) is -0.599. The summed E-state index contributed by atoms with van der Waals surface area (Å²) < 4.78 is 19.3. The van der Waals surface area contributed by atoms with E-state index in [-0.39, 0.29) is 17.7 Å². The van der Waals surface area contributed by atoms with Crippen molar-refractivity contribution in [2.75, 3.05) is 14.2 Å². The van der Waals surface area contributed by atoms with E-state index in [2.05, 4.69) is 15.9 Å². The van der Waals surface area contributed by atoms with Gasteiger partial charge in [0.2, 0.25) is 0 Å². The smallest absolute Gasteiger partial charge is 0.338 e. The van der Waals surface area contributed by atoms with Crippen LogP contribution in [0.3, 0.4) is 0 Å². The number of hydrogen-bond acceptors (Lipinski definition) is 8. The SMILES string of the molecule is CCC1=C(C(=O)OC)[C@@H](c2ccccc2)n2c(s/c(=C\c3cc(OC)c(OCc4ccc(C(=O)O)cc4)cc3Br)c2=O)=N1. The fraction of sp³-hybridized carbons (Fsp3) is 0.188. The van der Waals surface area contributed by atoms with E-state index in [9.17, 15) is 14.4 Å². The van der Waals surface area contributed by atoms with E-state index in [0.29, 0.717) is 48.6 Å². The number of ether oxygens (including phenoxy) is 3. The first-order valence-electron chi connectivity index (χ1n) is 13.3. The first kappa shape index (κ1) is 30.0. The molecule has 0 fully saturated rings. The number of thiazole rings is 1. The Morgan fingerprint density at radius 3 is 2.42 bits per heavy atom. The molecular formula is C32H27BrN2O7S. The number of aromatic carboxylic acids is 1. The normalized spacial score (nSPS) is 14.6. The highest BCUT2D eigenvalue weighted by Crippen LogP contribution is 2.35. The van der Waals surface area contributed by atoms with Gasteiger partial charge in [-0.3, -0.25) is 9.36 Å². The van der Waals surface area contributed by atoms with Crippen molar-refractivity contribution in [3.05, 3.63) is 124 Å². The number of methoxy groups -OCH3 is 2. The van der Waals surface area contributed by atoms with E-state index in [1.165, 1.54) is 37.7 Å². The van der Waals surface area contributed by atoms with Crippen molar-refractivity contribution in [3.63, 3.8) is 0 Å². The van der Waals surface area contributed by atoms with Gasteiger partial charge in [-0.15, -0.1) is 0 Å². The number of aromatic nitrogens is 1. The number of allylic oxidation sites excluding steroid dienone is 1. The van der Waals surface area contributed by atoms with Crippen LogP contribution < -0.4 is 24.4 Å². The van der Waals surface area contributed by atoms with E-state index < -0.39 is 18.0 Å². The topological polar surface area (TPSA) is 116 Å². The minimum absolute atomic E-state index is 0.196. The quantitative estimate of drug-likeness (QED) is 0.255. The van der Waals surface area contributed by atoms with Gasteiger partial charge in [-0.1, -0.05) is 76.7 Å². The number of carbonyl (C=O) groups is 2. The van der Waals surface area contributed by atoms with Gasteiger partial charge in [0, 0.05) is 4.47 Å². The summed E-state index contributed by atoms with van der Waals surface area (Å²) in [6, 6.07) is 18.6. The Kier molecular flexibility index (Phi) is 8.93. The molecule has 1 atom stereocenters. The number of hydrogen-bond donors (Lipinski definition) is 1. The lowest BCUT2D eigenvalue weighted by atomic mass is 9.95. The Bertz CT molecular complexity index is 1910. The highest BCUT2D eigenvalue weighted by molar-refractivity contribution is 9.10. The Labute approximate surface area is 259 Å². The van der Waals surface area contributed by atoms with E-state index in [0.717, 1.165) is 11.1 Å². The summed E-state index contributed by atoms with van der Waals surface area (Å²) >= 11 is 4.83. The van der Waals surface area contributed by atoms with Gasteiger partial charge in [-0.2, -0.15) is 0 Å². The maximum atomic E-state index is 13.9. The van der Waals surface area contributed by atoms with Gasteiger partial charge in [0.05, 0.1) is 41.6 Å². The molecule has 0 saturated carbocycles. The Balaban J connectivity index is 1.54. The molecule has 1 aliphatic heterocycles. The molecule has 3 aromatic carbocycles. The van der Waals surface area contributed by atoms with Gasteiger partial charge in [0.25, 0.3) is 5.56 Å². The minimum atomic E-state index is -0.994. The number of esters is 1. The summed E-state index contributed by atoms with van der Waals surface area (Å²) in [6.07, 6.45) is 2.24. The molecule has 9 nitrogen and oxygen atoms in total. The molecule has 0 radical (unpaired) electrons. The largest absolute Gasteiger partial charge is 0.493 e. The second kappa shape index (κ2) is 12.8. The second-order valence-corrected chi connectivity index (χ2v) is 11.4. The predicted molar refractivity (Wildman–Crippen MR) is 165 cm³/mol. The fourth-order valence-corrected chi connectivity index (χ4v) is 6.24. The van der Waals surface area contributed by atoms with Gasteiger partial charge < -0.3 is 19.3 Å². The van der Waals surface area contributed by atoms with Crippen LogP contribution in [0.5, 0.6) is 11.5 Å². The van der Waals surface area contributed by atoms with Crippen LogP contribution in [0.15, 0.2) is 92.3 Å². The molecular weight excluding hydrogens is 636 g/mol. The van der Waals surface area contributed by atoms with E-state index in [1.54, 1.807) is 34.9 Å². The lowest BCUT2D eigenvalue weighted by Crippen LogP contribution is -2.40. The van der Waals surface area contributed by atoms with Crippen LogP contribution in [-0.4, -0.2) is 35.8 Å². The molecule has 1 N–H and O–H groups in total. The van der Waals surface area contributed by atoms with Crippen LogP contribution in [0, 0.1) is 0 Å². The Hall–Kier alpha value is -4.48. The zero-order valence-corrected chi connectivity index (χ0v) is 25.9. The highest BCUT2D eigenvalue weighted by Gasteiger charge is 2.33. The maximum Gasteiger partial charge on any atom is 0.338 e. The van der Waals surface area contributed by atoms with Gasteiger partial charge in [0.15, 0.2) is 16.3 Å². The van der Waals surface area contributed by atoms with Crippen molar-refractivity contribution in [2.45, 2.75) is 26.0 Å². The van der Waals surface area contributed by atoms with Gasteiger partial charge in [0.1, 0.15) is 6.61 Å². The summed E-state index contributed by atoms with van der Waals surface area (Å²) in [5.41, 5.74) is 3.08.